The standard InChI is InChI=1S/C25H29N5O3S/c1-5-12-34-25-28-24-26-16(4)21(23(32)27-18-9-7-8-15(3)13-18)22(30(24)29-25)17-10-11-19(31)20(14-17)33-6-2/h7-11,13-14,22,31H,5-6,12H2,1-4H3,(H,27,32)(H,26,28,29). The van der Waals surface area contributed by atoms with E-state index in [0.717, 1.165) is 23.3 Å². The summed E-state index contributed by atoms with van der Waals surface area (Å²) < 4.78 is 7.35. The Morgan fingerprint density at radius 1 is 1.24 bits per heavy atom. The Hall–Kier alpha value is -3.46. The molecule has 0 fully saturated rings. The Kier molecular flexibility index (Phi) is 7.12. The van der Waals surface area contributed by atoms with Crippen LogP contribution in [0.1, 0.15) is 44.4 Å². The van der Waals surface area contributed by atoms with Gasteiger partial charge in [-0.1, -0.05) is 36.9 Å². The number of benzene rings is 2. The van der Waals surface area contributed by atoms with Gasteiger partial charge in [-0.05, 0) is 62.6 Å². The number of phenolic OH excluding ortho intramolecular Hbond substituents is 1. The average Bonchev–Trinajstić information content (AvgIpc) is 3.20. The molecule has 1 aliphatic heterocycles. The Morgan fingerprint density at radius 3 is 2.79 bits per heavy atom. The number of hydrogen-bond donors (Lipinski definition) is 3. The van der Waals surface area contributed by atoms with Gasteiger partial charge in [-0.2, -0.15) is 4.98 Å². The van der Waals surface area contributed by atoms with Gasteiger partial charge in [-0.15, -0.1) is 5.10 Å². The summed E-state index contributed by atoms with van der Waals surface area (Å²) in [5, 5.41) is 21.9. The molecule has 1 aromatic heterocycles. The van der Waals surface area contributed by atoms with Crippen molar-refractivity contribution < 1.29 is 14.6 Å². The summed E-state index contributed by atoms with van der Waals surface area (Å²) in [6.07, 6.45) is 1.00. The van der Waals surface area contributed by atoms with Crippen molar-refractivity contribution in [2.45, 2.75) is 45.3 Å². The molecule has 0 spiro atoms. The largest absolute Gasteiger partial charge is 0.504 e. The molecular formula is C25H29N5O3S. The number of nitrogens with one attached hydrogen (secondary N) is 2. The minimum absolute atomic E-state index is 0.0454. The van der Waals surface area contributed by atoms with Crippen molar-refractivity contribution in [2.24, 2.45) is 0 Å². The van der Waals surface area contributed by atoms with E-state index in [-0.39, 0.29) is 11.7 Å². The normalized spacial score (nSPS) is 15.0. The topological polar surface area (TPSA) is 101 Å². The van der Waals surface area contributed by atoms with Gasteiger partial charge in [0.25, 0.3) is 5.91 Å². The maximum atomic E-state index is 13.6. The highest BCUT2D eigenvalue weighted by molar-refractivity contribution is 7.99. The van der Waals surface area contributed by atoms with E-state index in [2.05, 4.69) is 22.5 Å². The number of phenols is 1. The summed E-state index contributed by atoms with van der Waals surface area (Å²) in [6, 6.07) is 12.2. The van der Waals surface area contributed by atoms with E-state index in [1.165, 1.54) is 0 Å². The second-order valence-electron chi connectivity index (χ2n) is 8.06. The van der Waals surface area contributed by atoms with Gasteiger partial charge in [0.05, 0.1) is 12.2 Å². The SMILES string of the molecule is CCCSc1nc2n(n1)C(c1ccc(O)c(OCC)c1)C(C(=O)Nc1cccc(C)c1)=C(C)N2. The minimum atomic E-state index is -0.552. The number of aryl methyl sites for hydroxylation is 1. The lowest BCUT2D eigenvalue weighted by Crippen LogP contribution is -2.31. The number of aromatic hydroxyl groups is 1. The number of rotatable bonds is 8. The second kappa shape index (κ2) is 10.2. The average molecular weight is 480 g/mol. The fraction of sp³-hybridized carbons (Fsp3) is 0.320. The number of thioether (sulfide) groups is 1. The molecular weight excluding hydrogens is 450 g/mol. The first-order valence-electron chi connectivity index (χ1n) is 11.3. The van der Waals surface area contributed by atoms with Crippen LogP contribution in [0.2, 0.25) is 0 Å². The van der Waals surface area contributed by atoms with Crippen LogP contribution in [-0.2, 0) is 4.79 Å². The van der Waals surface area contributed by atoms with Gasteiger partial charge in [0.15, 0.2) is 11.5 Å². The number of hydrogen-bond acceptors (Lipinski definition) is 7. The van der Waals surface area contributed by atoms with Crippen LogP contribution in [-0.4, -0.2) is 38.1 Å². The number of aromatic nitrogens is 3. The number of anilines is 2. The highest BCUT2D eigenvalue weighted by Crippen LogP contribution is 2.39. The quantitative estimate of drug-likeness (QED) is 0.386. The number of ether oxygens (including phenoxy) is 1. The van der Waals surface area contributed by atoms with Crippen LogP contribution in [0.15, 0.2) is 58.9 Å². The number of allylic oxidation sites excluding steroid dienone is 1. The van der Waals surface area contributed by atoms with Crippen LogP contribution >= 0.6 is 11.8 Å². The monoisotopic (exact) mass is 479 g/mol. The fourth-order valence-electron chi connectivity index (χ4n) is 3.88. The van der Waals surface area contributed by atoms with Crippen LogP contribution in [0.25, 0.3) is 0 Å². The van der Waals surface area contributed by atoms with E-state index < -0.39 is 6.04 Å². The van der Waals surface area contributed by atoms with Gasteiger partial charge in [-0.25, -0.2) is 4.68 Å². The fourth-order valence-corrected chi connectivity index (χ4v) is 4.56. The molecule has 1 atom stereocenters. The highest BCUT2D eigenvalue weighted by Gasteiger charge is 2.35. The van der Waals surface area contributed by atoms with Crippen LogP contribution in [0.3, 0.4) is 0 Å². The Balaban J connectivity index is 1.79. The number of carbonyl (C=O) groups is 1. The third-order valence-electron chi connectivity index (χ3n) is 5.39. The molecule has 3 aromatic rings. The molecule has 0 saturated heterocycles. The van der Waals surface area contributed by atoms with E-state index in [1.54, 1.807) is 34.6 Å². The summed E-state index contributed by atoms with van der Waals surface area (Å²) in [5.74, 6) is 1.63. The van der Waals surface area contributed by atoms with Crippen molar-refractivity contribution in [2.75, 3.05) is 23.0 Å². The molecule has 178 valence electrons. The summed E-state index contributed by atoms with van der Waals surface area (Å²) in [5.41, 5.74) is 3.73. The zero-order chi connectivity index (χ0) is 24.2. The van der Waals surface area contributed by atoms with E-state index in [0.29, 0.717) is 40.4 Å². The number of nitrogens with zero attached hydrogens (tertiary/aromatic N) is 3. The first kappa shape index (κ1) is 23.7. The Labute approximate surface area is 203 Å². The van der Waals surface area contributed by atoms with Gasteiger partial charge in [-0.3, -0.25) is 4.79 Å². The van der Waals surface area contributed by atoms with E-state index >= 15 is 0 Å². The van der Waals surface area contributed by atoms with Crippen LogP contribution in [0.4, 0.5) is 11.6 Å². The zero-order valence-corrected chi connectivity index (χ0v) is 20.6. The van der Waals surface area contributed by atoms with E-state index in [4.69, 9.17) is 9.84 Å². The molecule has 2 aromatic carbocycles. The molecule has 8 nitrogen and oxygen atoms in total. The van der Waals surface area contributed by atoms with Gasteiger partial charge in [0.2, 0.25) is 11.1 Å². The maximum absolute atomic E-state index is 13.6. The van der Waals surface area contributed by atoms with Crippen LogP contribution < -0.4 is 15.4 Å². The van der Waals surface area contributed by atoms with Gasteiger partial charge >= 0.3 is 0 Å². The van der Waals surface area contributed by atoms with Crippen molar-refractivity contribution in [1.29, 1.82) is 0 Å². The predicted molar refractivity (Wildman–Crippen MR) is 135 cm³/mol. The Morgan fingerprint density at radius 2 is 2.06 bits per heavy atom. The lowest BCUT2D eigenvalue weighted by molar-refractivity contribution is -0.113. The lowest BCUT2D eigenvalue weighted by atomic mass is 9.94. The molecule has 4 rings (SSSR count). The van der Waals surface area contributed by atoms with Crippen LogP contribution in [0.5, 0.6) is 11.5 Å². The molecule has 0 bridgehead atoms. The molecule has 0 radical (unpaired) electrons. The van der Waals surface area contributed by atoms with Gasteiger partial charge < -0.3 is 20.5 Å². The molecule has 34 heavy (non-hydrogen) atoms. The molecule has 3 N–H and O–H groups in total. The predicted octanol–water partition coefficient (Wildman–Crippen LogP) is 5.12. The lowest BCUT2D eigenvalue weighted by Gasteiger charge is -2.29. The number of carbonyl (C=O) groups excluding carboxylic acids is 1. The third-order valence-corrected chi connectivity index (χ3v) is 6.43. The van der Waals surface area contributed by atoms with Crippen molar-refractivity contribution >= 4 is 29.3 Å². The van der Waals surface area contributed by atoms with Crippen molar-refractivity contribution in [3.8, 4) is 11.5 Å². The molecule has 1 amide bonds. The molecule has 0 aliphatic carbocycles. The van der Waals surface area contributed by atoms with E-state index in [9.17, 15) is 9.90 Å². The summed E-state index contributed by atoms with van der Waals surface area (Å²) in [7, 11) is 0. The molecule has 1 unspecified atom stereocenters. The third kappa shape index (κ3) is 4.89. The van der Waals surface area contributed by atoms with Crippen molar-refractivity contribution in [3.63, 3.8) is 0 Å². The highest BCUT2D eigenvalue weighted by atomic mass is 32.2. The summed E-state index contributed by atoms with van der Waals surface area (Å²) in [6.45, 7) is 8.21. The number of amides is 1. The zero-order valence-electron chi connectivity index (χ0n) is 19.8. The first-order valence-corrected chi connectivity index (χ1v) is 12.3. The first-order chi connectivity index (χ1) is 16.4. The maximum Gasteiger partial charge on any atom is 0.255 e. The second-order valence-corrected chi connectivity index (χ2v) is 9.12. The van der Waals surface area contributed by atoms with Crippen molar-refractivity contribution in [3.05, 3.63) is 64.9 Å². The summed E-state index contributed by atoms with van der Waals surface area (Å²) in [4.78, 5) is 18.2. The Bertz CT molecular complexity index is 1240. The minimum Gasteiger partial charge on any atom is -0.504 e. The van der Waals surface area contributed by atoms with Gasteiger partial charge in [0, 0.05) is 17.1 Å². The summed E-state index contributed by atoms with van der Waals surface area (Å²) >= 11 is 1.57. The smallest absolute Gasteiger partial charge is 0.255 e. The molecule has 2 heterocycles. The van der Waals surface area contributed by atoms with Crippen LogP contribution in [0, 0.1) is 6.92 Å². The van der Waals surface area contributed by atoms with Crippen molar-refractivity contribution in [1.82, 2.24) is 14.8 Å². The van der Waals surface area contributed by atoms with Gasteiger partial charge in [0.1, 0.15) is 6.04 Å². The number of fused-ring (bicyclic) bond motifs is 1. The van der Waals surface area contributed by atoms with E-state index in [1.807, 2.05) is 45.0 Å². The molecule has 0 saturated carbocycles. The molecule has 9 heteroatoms. The molecule has 1 aliphatic rings.